The van der Waals surface area contributed by atoms with Crippen molar-refractivity contribution in [3.8, 4) is 5.75 Å². The molecule has 10 nitrogen and oxygen atoms in total. The summed E-state index contributed by atoms with van der Waals surface area (Å²) in [6.45, 7) is 8.89. The van der Waals surface area contributed by atoms with Crippen molar-refractivity contribution in [2.45, 2.75) is 51.5 Å². The Bertz CT molecular complexity index is 967. The number of hydroxylamine groups is 2. The van der Waals surface area contributed by atoms with Crippen molar-refractivity contribution in [1.82, 2.24) is 10.4 Å². The number of benzene rings is 1. The number of hydrogen-bond donors (Lipinski definition) is 2. The number of nitrogens with zero attached hydrogens (tertiary/aromatic N) is 2. The predicted molar refractivity (Wildman–Crippen MR) is 113 cm³/mol. The summed E-state index contributed by atoms with van der Waals surface area (Å²) >= 11 is 0. The van der Waals surface area contributed by atoms with Crippen molar-refractivity contribution >= 4 is 21.8 Å². The van der Waals surface area contributed by atoms with Crippen LogP contribution in [0.2, 0.25) is 0 Å². The van der Waals surface area contributed by atoms with Gasteiger partial charge in [-0.3, -0.25) is 0 Å². The molecular formula is C20H29N3O7S. The van der Waals surface area contributed by atoms with Gasteiger partial charge in [0.25, 0.3) is 0 Å². The lowest BCUT2D eigenvalue weighted by atomic mass is 9.80. The number of piperidine rings is 1. The lowest BCUT2D eigenvalue weighted by Gasteiger charge is -2.43. The Hall–Kier alpha value is -2.37. The van der Waals surface area contributed by atoms with E-state index in [1.54, 1.807) is 26.0 Å². The highest BCUT2D eigenvalue weighted by Gasteiger charge is 2.44. The van der Waals surface area contributed by atoms with E-state index in [4.69, 9.17) is 14.7 Å². The molecule has 0 aliphatic carbocycles. The van der Waals surface area contributed by atoms with Gasteiger partial charge in [0.15, 0.2) is 9.84 Å². The summed E-state index contributed by atoms with van der Waals surface area (Å²) in [4.78, 5) is 21.0. The van der Waals surface area contributed by atoms with Crippen LogP contribution >= 0.6 is 0 Å². The minimum absolute atomic E-state index is 0.126. The summed E-state index contributed by atoms with van der Waals surface area (Å²) in [5, 5.41) is 13.7. The summed E-state index contributed by atoms with van der Waals surface area (Å²) in [6, 6.07) is 3.12. The van der Waals surface area contributed by atoms with E-state index in [2.05, 4.69) is 15.0 Å². The molecule has 31 heavy (non-hydrogen) atoms. The number of carbonyl (C=O) groups is 1. The minimum Gasteiger partial charge on any atom is -0.497 e. The molecule has 0 saturated carbocycles. The first-order valence-electron chi connectivity index (χ1n) is 9.95. The predicted octanol–water partition coefficient (Wildman–Crippen LogP) is 2.10. The third kappa shape index (κ3) is 4.94. The zero-order valence-electron chi connectivity index (χ0n) is 18.3. The summed E-state index contributed by atoms with van der Waals surface area (Å²) in [7, 11) is -2.30. The van der Waals surface area contributed by atoms with Crippen LogP contribution in [0.1, 0.15) is 31.4 Å². The quantitative estimate of drug-likeness (QED) is 0.620. The Labute approximate surface area is 182 Å². The van der Waals surface area contributed by atoms with Crippen LogP contribution in [0.4, 0.5) is 4.79 Å². The van der Waals surface area contributed by atoms with E-state index in [1.165, 1.54) is 12.2 Å². The van der Waals surface area contributed by atoms with Gasteiger partial charge in [-0.15, -0.1) is 0 Å². The van der Waals surface area contributed by atoms with Gasteiger partial charge in [0.2, 0.25) is 0 Å². The molecule has 1 saturated heterocycles. The number of hydrogen-bond acceptors (Lipinski definition) is 9. The summed E-state index contributed by atoms with van der Waals surface area (Å²) < 4.78 is 36.6. The SMILES string of the molecule is COc1cc(C)c(S(=O)(=O)CC2=NC(OC(=O)O)ON2C2CCNCC2(C)C)c(C)c1. The Morgan fingerprint density at radius 1 is 1.35 bits per heavy atom. The van der Waals surface area contributed by atoms with Gasteiger partial charge in [0.05, 0.1) is 18.0 Å². The van der Waals surface area contributed by atoms with Gasteiger partial charge < -0.3 is 19.9 Å². The van der Waals surface area contributed by atoms with Crippen LogP contribution in [-0.4, -0.2) is 69.0 Å². The topological polar surface area (TPSA) is 127 Å². The molecule has 2 N–H and O–H groups in total. The fraction of sp³-hybridized carbons (Fsp3) is 0.600. The zero-order valence-corrected chi connectivity index (χ0v) is 19.2. The van der Waals surface area contributed by atoms with Gasteiger partial charge in [-0.2, -0.15) is 4.99 Å². The number of aliphatic imine (C=N–C) groups is 1. The van der Waals surface area contributed by atoms with Crippen molar-refractivity contribution < 1.29 is 32.6 Å². The highest BCUT2D eigenvalue weighted by atomic mass is 32.2. The van der Waals surface area contributed by atoms with Crippen LogP contribution in [0.3, 0.4) is 0 Å². The Kier molecular flexibility index (Phi) is 6.49. The number of ether oxygens (including phenoxy) is 2. The van der Waals surface area contributed by atoms with Crippen molar-refractivity contribution in [3.05, 3.63) is 23.3 Å². The molecular weight excluding hydrogens is 426 g/mol. The number of methoxy groups -OCH3 is 1. The smallest absolute Gasteiger partial charge is 0.497 e. The number of amidine groups is 1. The van der Waals surface area contributed by atoms with Crippen LogP contribution in [-0.2, 0) is 19.4 Å². The number of sulfone groups is 1. The second-order valence-corrected chi connectivity index (χ2v) is 10.4. The molecule has 0 spiro atoms. The minimum atomic E-state index is -3.82. The fourth-order valence-corrected chi connectivity index (χ4v) is 5.99. The third-order valence-electron chi connectivity index (χ3n) is 5.57. The number of nitrogens with one attached hydrogen (secondary N) is 1. The second kappa shape index (κ2) is 8.64. The Balaban J connectivity index is 1.96. The van der Waals surface area contributed by atoms with Gasteiger partial charge >= 0.3 is 12.6 Å². The molecule has 11 heteroatoms. The standard InChI is InChI=1S/C20H29N3O7S/c1-12-8-14(28-5)9-13(2)17(12)31(26,27)10-16-22-18(29-19(24)25)30-23(16)15-6-7-21-11-20(15,3)4/h8-9,15,18,21H,6-7,10-11H2,1-5H3,(H,24,25). The van der Waals surface area contributed by atoms with Crippen molar-refractivity contribution in [1.29, 1.82) is 0 Å². The lowest BCUT2D eigenvalue weighted by Crippen LogP contribution is -2.56. The van der Waals surface area contributed by atoms with Crippen LogP contribution in [0.5, 0.6) is 5.75 Å². The van der Waals surface area contributed by atoms with E-state index in [9.17, 15) is 13.2 Å². The molecule has 0 bridgehead atoms. The van der Waals surface area contributed by atoms with Gasteiger partial charge in [-0.25, -0.2) is 23.1 Å². The van der Waals surface area contributed by atoms with Gasteiger partial charge in [-0.05, 0) is 50.1 Å². The highest BCUT2D eigenvalue weighted by Crippen LogP contribution is 2.34. The van der Waals surface area contributed by atoms with Crippen molar-refractivity contribution in [2.24, 2.45) is 10.4 Å². The van der Waals surface area contributed by atoms with E-state index in [0.717, 1.165) is 6.54 Å². The first-order valence-corrected chi connectivity index (χ1v) is 11.6. The number of carboxylic acid groups (broad SMARTS) is 1. The zero-order chi connectivity index (χ0) is 23.0. The van der Waals surface area contributed by atoms with Gasteiger partial charge in [0, 0.05) is 12.0 Å². The van der Waals surface area contributed by atoms with Crippen LogP contribution in [0.15, 0.2) is 22.0 Å². The van der Waals surface area contributed by atoms with E-state index < -0.39 is 28.2 Å². The maximum Gasteiger partial charge on any atom is 0.509 e. The molecule has 0 radical (unpaired) electrons. The highest BCUT2D eigenvalue weighted by molar-refractivity contribution is 7.92. The molecule has 2 heterocycles. The summed E-state index contributed by atoms with van der Waals surface area (Å²) in [6.07, 6.45) is -2.32. The summed E-state index contributed by atoms with van der Waals surface area (Å²) in [5.74, 6) is 0.255. The summed E-state index contributed by atoms with van der Waals surface area (Å²) in [5.41, 5.74) is 0.847. The van der Waals surface area contributed by atoms with Crippen molar-refractivity contribution in [3.63, 3.8) is 0 Å². The molecule has 3 rings (SSSR count). The van der Waals surface area contributed by atoms with Gasteiger partial charge in [-0.1, -0.05) is 13.8 Å². The molecule has 0 aromatic heterocycles. The average molecular weight is 456 g/mol. The van der Waals surface area contributed by atoms with Gasteiger partial charge in [0.1, 0.15) is 17.3 Å². The van der Waals surface area contributed by atoms with E-state index in [-0.39, 0.29) is 22.2 Å². The van der Waals surface area contributed by atoms with E-state index in [0.29, 0.717) is 29.8 Å². The Morgan fingerprint density at radius 3 is 2.55 bits per heavy atom. The van der Waals surface area contributed by atoms with Crippen molar-refractivity contribution in [2.75, 3.05) is 26.0 Å². The fourth-order valence-electron chi connectivity index (χ4n) is 4.20. The van der Waals surface area contributed by atoms with Crippen LogP contribution in [0.25, 0.3) is 0 Å². The normalized spacial score (nSPS) is 23.4. The number of aryl methyl sites for hydroxylation is 2. The largest absolute Gasteiger partial charge is 0.509 e. The first kappa shape index (κ1) is 23.3. The lowest BCUT2D eigenvalue weighted by molar-refractivity contribution is -0.237. The van der Waals surface area contributed by atoms with E-state index >= 15 is 0 Å². The average Bonchev–Trinajstić information content (AvgIpc) is 3.00. The number of rotatable bonds is 6. The molecule has 2 unspecified atom stereocenters. The molecule has 1 aromatic rings. The van der Waals surface area contributed by atoms with E-state index in [1.807, 2.05) is 13.8 Å². The molecule has 2 aliphatic heterocycles. The van der Waals surface area contributed by atoms with Crippen LogP contribution < -0.4 is 10.1 Å². The second-order valence-electron chi connectivity index (χ2n) is 8.49. The Morgan fingerprint density at radius 2 is 2.00 bits per heavy atom. The molecule has 1 aromatic carbocycles. The maximum atomic E-state index is 13.4. The molecule has 2 atom stereocenters. The molecule has 1 fully saturated rings. The molecule has 2 aliphatic rings. The molecule has 0 amide bonds. The molecule has 172 valence electrons. The monoisotopic (exact) mass is 455 g/mol. The van der Waals surface area contributed by atoms with Crippen LogP contribution in [0, 0.1) is 19.3 Å². The first-order chi connectivity index (χ1) is 14.4. The maximum absolute atomic E-state index is 13.4. The third-order valence-corrected chi connectivity index (χ3v) is 7.48.